The Kier molecular flexibility index (Phi) is 6.86. The molecule has 162 valence electrons. The van der Waals surface area contributed by atoms with Gasteiger partial charge in [-0.25, -0.2) is 9.79 Å². The SMILES string of the molecule is CCCCOc1ccc(C2=N/C(=C/c3cc(OC)c(OC)cc3[N+](=O)[O-])C(=O)O2)cc1. The molecule has 1 heterocycles. The smallest absolute Gasteiger partial charge is 0.363 e. The number of esters is 1. The van der Waals surface area contributed by atoms with E-state index >= 15 is 0 Å². The fourth-order valence-corrected chi connectivity index (χ4v) is 2.87. The Morgan fingerprint density at radius 3 is 2.42 bits per heavy atom. The molecule has 0 saturated heterocycles. The summed E-state index contributed by atoms with van der Waals surface area (Å²) in [6.07, 6.45) is 3.29. The van der Waals surface area contributed by atoms with Gasteiger partial charge in [-0.15, -0.1) is 0 Å². The first-order chi connectivity index (χ1) is 15.0. The highest BCUT2D eigenvalue weighted by Gasteiger charge is 2.26. The number of methoxy groups -OCH3 is 2. The van der Waals surface area contributed by atoms with Crippen molar-refractivity contribution in [1.29, 1.82) is 0 Å². The summed E-state index contributed by atoms with van der Waals surface area (Å²) in [6, 6.07) is 9.63. The molecule has 1 aliphatic heterocycles. The summed E-state index contributed by atoms with van der Waals surface area (Å²) in [5, 5.41) is 11.5. The second kappa shape index (κ2) is 9.75. The van der Waals surface area contributed by atoms with E-state index in [4.69, 9.17) is 18.9 Å². The molecule has 2 aromatic rings. The van der Waals surface area contributed by atoms with E-state index in [0.717, 1.165) is 12.8 Å². The third kappa shape index (κ3) is 5.00. The predicted octanol–water partition coefficient (Wildman–Crippen LogP) is 4.14. The highest BCUT2D eigenvalue weighted by atomic mass is 16.6. The zero-order chi connectivity index (χ0) is 22.4. The van der Waals surface area contributed by atoms with Crippen LogP contribution in [-0.2, 0) is 9.53 Å². The summed E-state index contributed by atoms with van der Waals surface area (Å²) in [6.45, 7) is 2.71. The molecule has 0 aliphatic carbocycles. The van der Waals surface area contributed by atoms with Crippen molar-refractivity contribution in [3.8, 4) is 17.2 Å². The van der Waals surface area contributed by atoms with Crippen molar-refractivity contribution in [2.45, 2.75) is 19.8 Å². The maximum absolute atomic E-state index is 12.3. The van der Waals surface area contributed by atoms with Crippen LogP contribution in [0.15, 0.2) is 47.1 Å². The minimum absolute atomic E-state index is 0.0615. The second-order valence-corrected chi connectivity index (χ2v) is 6.59. The molecule has 0 bridgehead atoms. The standard InChI is InChI=1S/C22H22N2O7/c1-4-5-10-30-16-8-6-14(7-9-16)21-23-17(22(25)31-21)11-15-12-19(28-2)20(29-3)13-18(15)24(26)27/h6-9,11-13H,4-5,10H2,1-3H3/b17-11+. The first-order valence-electron chi connectivity index (χ1n) is 9.63. The molecular formula is C22H22N2O7. The lowest BCUT2D eigenvalue weighted by Gasteiger charge is -2.08. The number of hydrogen-bond donors (Lipinski definition) is 0. The van der Waals surface area contributed by atoms with Gasteiger partial charge in [0.25, 0.3) is 5.69 Å². The minimum atomic E-state index is -0.706. The molecule has 31 heavy (non-hydrogen) atoms. The van der Waals surface area contributed by atoms with Crippen molar-refractivity contribution in [3.63, 3.8) is 0 Å². The molecule has 0 radical (unpaired) electrons. The molecule has 0 atom stereocenters. The zero-order valence-corrected chi connectivity index (χ0v) is 17.4. The van der Waals surface area contributed by atoms with Crippen molar-refractivity contribution in [2.24, 2.45) is 4.99 Å². The number of ether oxygens (including phenoxy) is 4. The fraction of sp³-hybridized carbons (Fsp3) is 0.273. The third-order valence-corrected chi connectivity index (χ3v) is 4.51. The number of benzene rings is 2. The fourth-order valence-electron chi connectivity index (χ4n) is 2.87. The Morgan fingerprint density at radius 1 is 1.13 bits per heavy atom. The van der Waals surface area contributed by atoms with Gasteiger partial charge in [-0.1, -0.05) is 13.3 Å². The van der Waals surface area contributed by atoms with E-state index in [-0.39, 0.29) is 34.3 Å². The van der Waals surface area contributed by atoms with Crippen LogP contribution >= 0.6 is 0 Å². The van der Waals surface area contributed by atoms with E-state index in [9.17, 15) is 14.9 Å². The molecular weight excluding hydrogens is 404 g/mol. The van der Waals surface area contributed by atoms with Gasteiger partial charge >= 0.3 is 5.97 Å². The molecule has 0 fully saturated rings. The summed E-state index contributed by atoms with van der Waals surface area (Å²) in [5.74, 6) is 0.602. The van der Waals surface area contributed by atoms with Crippen LogP contribution in [-0.4, -0.2) is 37.6 Å². The molecule has 0 amide bonds. The number of cyclic esters (lactones) is 1. The highest BCUT2D eigenvalue weighted by molar-refractivity contribution is 6.13. The Balaban J connectivity index is 1.90. The maximum atomic E-state index is 12.3. The number of hydrogen-bond acceptors (Lipinski definition) is 8. The third-order valence-electron chi connectivity index (χ3n) is 4.51. The topological polar surface area (TPSA) is 109 Å². The summed E-state index contributed by atoms with van der Waals surface area (Å²) in [5.41, 5.74) is 0.407. The Morgan fingerprint density at radius 2 is 1.81 bits per heavy atom. The van der Waals surface area contributed by atoms with E-state index < -0.39 is 10.9 Å². The Bertz CT molecular complexity index is 1040. The van der Waals surface area contributed by atoms with Gasteiger partial charge in [-0.3, -0.25) is 10.1 Å². The van der Waals surface area contributed by atoms with E-state index in [0.29, 0.717) is 17.9 Å². The molecule has 3 rings (SSSR count). The van der Waals surface area contributed by atoms with Gasteiger partial charge in [0.2, 0.25) is 5.90 Å². The number of rotatable bonds is 9. The number of nitrogens with zero attached hydrogens (tertiary/aromatic N) is 2. The Hall–Kier alpha value is -3.88. The second-order valence-electron chi connectivity index (χ2n) is 6.59. The Labute approximate surface area is 179 Å². The van der Waals surface area contributed by atoms with Crippen LogP contribution in [0.25, 0.3) is 6.08 Å². The van der Waals surface area contributed by atoms with Gasteiger partial charge in [-0.05, 0) is 42.8 Å². The quantitative estimate of drug-likeness (QED) is 0.195. The van der Waals surface area contributed by atoms with Crippen molar-refractivity contribution >= 4 is 23.6 Å². The molecule has 0 N–H and O–H groups in total. The molecule has 9 nitrogen and oxygen atoms in total. The number of nitro benzene ring substituents is 1. The maximum Gasteiger partial charge on any atom is 0.363 e. The average Bonchev–Trinajstić information content (AvgIpc) is 3.14. The largest absolute Gasteiger partial charge is 0.494 e. The molecule has 0 aromatic heterocycles. The van der Waals surface area contributed by atoms with Crippen molar-refractivity contribution in [1.82, 2.24) is 0 Å². The molecule has 2 aromatic carbocycles. The molecule has 0 unspecified atom stereocenters. The number of nitro groups is 1. The van der Waals surface area contributed by atoms with E-state index in [2.05, 4.69) is 11.9 Å². The predicted molar refractivity (Wildman–Crippen MR) is 114 cm³/mol. The summed E-state index contributed by atoms with van der Waals surface area (Å²) >= 11 is 0. The number of carbonyl (C=O) groups is 1. The minimum Gasteiger partial charge on any atom is -0.494 e. The van der Waals surface area contributed by atoms with Gasteiger partial charge in [0.1, 0.15) is 5.75 Å². The molecule has 9 heteroatoms. The van der Waals surface area contributed by atoms with Crippen LogP contribution in [0.3, 0.4) is 0 Å². The normalized spacial score (nSPS) is 14.2. The lowest BCUT2D eigenvalue weighted by molar-refractivity contribution is -0.385. The van der Waals surface area contributed by atoms with Crippen molar-refractivity contribution in [2.75, 3.05) is 20.8 Å². The molecule has 0 spiro atoms. The molecule has 1 aliphatic rings. The van der Waals surface area contributed by atoms with Crippen LogP contribution in [0.5, 0.6) is 17.2 Å². The molecule has 0 saturated carbocycles. The van der Waals surface area contributed by atoms with Crippen molar-refractivity contribution in [3.05, 3.63) is 63.3 Å². The van der Waals surface area contributed by atoms with E-state index in [1.807, 2.05) is 0 Å². The average molecular weight is 426 g/mol. The van der Waals surface area contributed by atoms with Crippen LogP contribution in [0.1, 0.15) is 30.9 Å². The van der Waals surface area contributed by atoms with Gasteiger partial charge in [0.15, 0.2) is 17.2 Å². The van der Waals surface area contributed by atoms with Gasteiger partial charge in [-0.2, -0.15) is 0 Å². The van der Waals surface area contributed by atoms with Gasteiger partial charge in [0.05, 0.1) is 37.4 Å². The van der Waals surface area contributed by atoms with Crippen molar-refractivity contribution < 1.29 is 28.7 Å². The lowest BCUT2D eigenvalue weighted by Crippen LogP contribution is -2.05. The number of carbonyl (C=O) groups excluding carboxylic acids is 1. The first-order valence-corrected chi connectivity index (χ1v) is 9.63. The van der Waals surface area contributed by atoms with Gasteiger partial charge < -0.3 is 18.9 Å². The summed E-state index contributed by atoms with van der Waals surface area (Å²) in [7, 11) is 2.79. The van der Waals surface area contributed by atoms with E-state index in [1.165, 1.54) is 32.4 Å². The monoisotopic (exact) mass is 426 g/mol. The summed E-state index contributed by atoms with van der Waals surface area (Å²) in [4.78, 5) is 27.4. The van der Waals surface area contributed by atoms with Gasteiger partial charge in [0, 0.05) is 5.56 Å². The lowest BCUT2D eigenvalue weighted by atomic mass is 10.1. The van der Waals surface area contributed by atoms with E-state index in [1.54, 1.807) is 24.3 Å². The zero-order valence-electron chi connectivity index (χ0n) is 17.4. The van der Waals surface area contributed by atoms with Crippen LogP contribution in [0.4, 0.5) is 5.69 Å². The van der Waals surface area contributed by atoms with Crippen LogP contribution in [0, 0.1) is 10.1 Å². The van der Waals surface area contributed by atoms with Crippen LogP contribution in [0.2, 0.25) is 0 Å². The number of aliphatic imine (C=N–C) groups is 1. The first kappa shape index (κ1) is 21.8. The number of unbranched alkanes of at least 4 members (excludes halogenated alkanes) is 1. The van der Waals surface area contributed by atoms with Crippen LogP contribution < -0.4 is 14.2 Å². The summed E-state index contributed by atoms with van der Waals surface area (Å²) < 4.78 is 21.2. The highest BCUT2D eigenvalue weighted by Crippen LogP contribution is 2.36.